The average Bonchev–Trinajstić information content (AvgIpc) is 2.99. The van der Waals surface area contributed by atoms with Crippen molar-refractivity contribution in [2.45, 2.75) is 245 Å². The van der Waals surface area contributed by atoms with E-state index in [9.17, 15) is 15.0 Å². The van der Waals surface area contributed by atoms with Gasteiger partial charge in [0.1, 0.15) is 0 Å². The van der Waals surface area contributed by atoms with Gasteiger partial charge in [0, 0.05) is 12.8 Å². The van der Waals surface area contributed by atoms with Gasteiger partial charge in [-0.1, -0.05) is 219 Å². The Morgan fingerprint density at radius 2 is 0.605 bits per heavy atom. The molecule has 0 unspecified atom stereocenters. The first-order chi connectivity index (χ1) is 21.0. The van der Waals surface area contributed by atoms with Crippen LogP contribution in [0.4, 0.5) is 0 Å². The summed E-state index contributed by atoms with van der Waals surface area (Å²) in [5.41, 5.74) is 0. The molecule has 2 N–H and O–H groups in total. The SMILES string of the molecule is CCCCCCCCCCCCCCCCCCCCCCCCCCCCCCCCCCCC(=O)OC(O)(O)CC. The molecule has 0 aliphatic rings. The molecule has 0 aromatic rings. The quantitative estimate of drug-likeness (QED) is 0.0421. The van der Waals surface area contributed by atoms with Gasteiger partial charge in [-0.05, 0) is 6.42 Å². The minimum Gasteiger partial charge on any atom is -0.408 e. The van der Waals surface area contributed by atoms with Crippen molar-refractivity contribution >= 4 is 5.97 Å². The summed E-state index contributed by atoms with van der Waals surface area (Å²) in [7, 11) is 0. The number of hydrogen-bond donors (Lipinski definition) is 2. The maximum Gasteiger partial charge on any atom is 0.323 e. The number of carbonyl (C=O) groups excluding carboxylic acids is 1. The first kappa shape index (κ1) is 42.4. The van der Waals surface area contributed by atoms with Crippen LogP contribution in [0.5, 0.6) is 0 Å². The molecular formula is C39H78O4. The van der Waals surface area contributed by atoms with Gasteiger partial charge in [0.05, 0.1) is 0 Å². The molecule has 4 heteroatoms. The lowest BCUT2D eigenvalue weighted by Gasteiger charge is -2.19. The molecule has 4 nitrogen and oxygen atoms in total. The van der Waals surface area contributed by atoms with Gasteiger partial charge < -0.3 is 14.9 Å². The predicted molar refractivity (Wildman–Crippen MR) is 186 cm³/mol. The van der Waals surface area contributed by atoms with Gasteiger partial charge in [-0.2, -0.15) is 0 Å². The first-order valence-corrected chi connectivity index (χ1v) is 19.7. The normalized spacial score (nSPS) is 11.8. The molecule has 0 aromatic carbocycles. The molecule has 0 rings (SSSR count). The number of aliphatic hydroxyl groups is 2. The highest BCUT2D eigenvalue weighted by Gasteiger charge is 2.25. The summed E-state index contributed by atoms with van der Waals surface area (Å²) >= 11 is 0. The van der Waals surface area contributed by atoms with Crippen molar-refractivity contribution in [3.05, 3.63) is 0 Å². The lowest BCUT2D eigenvalue weighted by Crippen LogP contribution is -2.33. The van der Waals surface area contributed by atoms with E-state index >= 15 is 0 Å². The number of ether oxygens (including phenoxy) is 1. The first-order valence-electron chi connectivity index (χ1n) is 19.7. The minimum atomic E-state index is -2.30. The van der Waals surface area contributed by atoms with E-state index in [0.29, 0.717) is 0 Å². The van der Waals surface area contributed by atoms with E-state index in [1.807, 2.05) is 0 Å². The van der Waals surface area contributed by atoms with Crippen molar-refractivity contribution < 1.29 is 19.7 Å². The summed E-state index contributed by atoms with van der Waals surface area (Å²) in [5.74, 6) is -2.82. The van der Waals surface area contributed by atoms with Crippen LogP contribution in [-0.2, 0) is 9.53 Å². The van der Waals surface area contributed by atoms with Gasteiger partial charge in [-0.25, -0.2) is 0 Å². The number of hydrogen-bond acceptors (Lipinski definition) is 4. The third kappa shape index (κ3) is 35.7. The van der Waals surface area contributed by atoms with Crippen molar-refractivity contribution in [1.82, 2.24) is 0 Å². The molecule has 0 aromatic heterocycles. The van der Waals surface area contributed by atoms with Gasteiger partial charge in [0.25, 0.3) is 0 Å². The van der Waals surface area contributed by atoms with Gasteiger partial charge in [-0.3, -0.25) is 4.79 Å². The number of rotatable bonds is 36. The molecule has 0 spiro atoms. The van der Waals surface area contributed by atoms with Crippen molar-refractivity contribution in [2.75, 3.05) is 0 Å². The fourth-order valence-corrected chi connectivity index (χ4v) is 6.13. The monoisotopic (exact) mass is 611 g/mol. The zero-order chi connectivity index (χ0) is 31.5. The zero-order valence-electron chi connectivity index (χ0n) is 29.5. The van der Waals surface area contributed by atoms with Gasteiger partial charge in [0.15, 0.2) is 0 Å². The molecule has 0 fully saturated rings. The zero-order valence-corrected chi connectivity index (χ0v) is 29.5. The van der Waals surface area contributed by atoms with Crippen LogP contribution in [0.25, 0.3) is 0 Å². The van der Waals surface area contributed by atoms with Crippen LogP contribution in [-0.4, -0.2) is 22.2 Å². The van der Waals surface area contributed by atoms with Crippen LogP contribution >= 0.6 is 0 Å². The fourth-order valence-electron chi connectivity index (χ4n) is 6.13. The van der Waals surface area contributed by atoms with Crippen LogP contribution in [0.2, 0.25) is 0 Å². The number of unbranched alkanes of at least 4 members (excludes halogenated alkanes) is 32. The second-order valence-corrected chi connectivity index (χ2v) is 13.6. The maximum atomic E-state index is 11.5. The molecule has 43 heavy (non-hydrogen) atoms. The van der Waals surface area contributed by atoms with E-state index in [-0.39, 0.29) is 12.8 Å². The smallest absolute Gasteiger partial charge is 0.323 e. The van der Waals surface area contributed by atoms with Crippen molar-refractivity contribution in [1.29, 1.82) is 0 Å². The molecule has 0 aliphatic heterocycles. The van der Waals surface area contributed by atoms with Crippen LogP contribution in [0.3, 0.4) is 0 Å². The van der Waals surface area contributed by atoms with E-state index in [2.05, 4.69) is 11.7 Å². The van der Waals surface area contributed by atoms with E-state index in [4.69, 9.17) is 0 Å². The number of esters is 1. The Kier molecular flexibility index (Phi) is 33.8. The Morgan fingerprint density at radius 1 is 0.395 bits per heavy atom. The summed E-state index contributed by atoms with van der Waals surface area (Å²) in [6.07, 6.45) is 46.0. The number of carbonyl (C=O) groups is 1. The molecule has 0 heterocycles. The van der Waals surface area contributed by atoms with Gasteiger partial charge in [0.2, 0.25) is 0 Å². The molecule has 0 bridgehead atoms. The average molecular weight is 611 g/mol. The lowest BCUT2D eigenvalue weighted by molar-refractivity contribution is -0.319. The van der Waals surface area contributed by atoms with Crippen molar-refractivity contribution in [3.63, 3.8) is 0 Å². The molecule has 0 aliphatic carbocycles. The highest BCUT2D eigenvalue weighted by Crippen LogP contribution is 2.17. The third-order valence-electron chi connectivity index (χ3n) is 9.22. The lowest BCUT2D eigenvalue weighted by atomic mass is 10.0. The molecule has 0 saturated heterocycles. The summed E-state index contributed by atoms with van der Waals surface area (Å²) in [6, 6.07) is 0. The molecule has 0 atom stereocenters. The Morgan fingerprint density at radius 3 is 0.814 bits per heavy atom. The minimum absolute atomic E-state index is 0.0155. The largest absolute Gasteiger partial charge is 0.408 e. The van der Waals surface area contributed by atoms with Crippen LogP contribution in [0, 0.1) is 0 Å². The molecule has 258 valence electrons. The highest BCUT2D eigenvalue weighted by molar-refractivity contribution is 5.69. The molecular weight excluding hydrogens is 532 g/mol. The third-order valence-corrected chi connectivity index (χ3v) is 9.22. The summed E-state index contributed by atoms with van der Waals surface area (Å²) < 4.78 is 4.63. The predicted octanol–water partition coefficient (Wildman–Crippen LogP) is 12.9. The van der Waals surface area contributed by atoms with Crippen LogP contribution in [0.15, 0.2) is 0 Å². The topological polar surface area (TPSA) is 66.8 Å². The highest BCUT2D eigenvalue weighted by atomic mass is 16.8. The standard InChI is InChI=1S/C39H78O4/c1-3-5-6-7-8-9-10-11-12-13-14-15-16-17-18-19-20-21-22-23-24-25-26-27-28-29-30-31-32-33-34-35-36-37-38(40)43-39(41,42)4-2/h41-42H,3-37H2,1-2H3. The Labute approximate surface area is 269 Å². The van der Waals surface area contributed by atoms with Gasteiger partial charge >= 0.3 is 11.9 Å². The Balaban J connectivity index is 3.11. The summed E-state index contributed by atoms with van der Waals surface area (Å²) in [4.78, 5) is 11.5. The van der Waals surface area contributed by atoms with Crippen LogP contribution < -0.4 is 0 Å². The van der Waals surface area contributed by atoms with Crippen LogP contribution in [0.1, 0.15) is 239 Å². The Hall–Kier alpha value is -0.610. The van der Waals surface area contributed by atoms with Gasteiger partial charge in [-0.15, -0.1) is 0 Å². The molecule has 0 amide bonds. The van der Waals surface area contributed by atoms with Crippen molar-refractivity contribution in [3.8, 4) is 0 Å². The summed E-state index contributed by atoms with van der Waals surface area (Å²) in [5, 5.41) is 18.7. The molecule has 0 radical (unpaired) electrons. The fraction of sp³-hybridized carbons (Fsp3) is 0.974. The second kappa shape index (κ2) is 34.3. The molecule has 0 saturated carbocycles. The van der Waals surface area contributed by atoms with E-state index < -0.39 is 11.9 Å². The van der Waals surface area contributed by atoms with Crippen molar-refractivity contribution in [2.24, 2.45) is 0 Å². The summed E-state index contributed by atoms with van der Waals surface area (Å²) in [6.45, 7) is 3.87. The van der Waals surface area contributed by atoms with E-state index in [1.165, 1.54) is 193 Å². The van der Waals surface area contributed by atoms with E-state index in [1.54, 1.807) is 6.92 Å². The maximum absolute atomic E-state index is 11.5. The van der Waals surface area contributed by atoms with E-state index in [0.717, 1.165) is 19.3 Å². The second-order valence-electron chi connectivity index (χ2n) is 13.6. The Bertz CT molecular complexity index is 547.